The number of benzene rings is 3. The fourth-order valence-electron chi connectivity index (χ4n) is 5.96. The number of nitrogens with one attached hydrogen (secondary N) is 1. The number of aryl methyl sites for hydroxylation is 2. The predicted octanol–water partition coefficient (Wildman–Crippen LogP) is 5.59. The Balaban J connectivity index is 1.15. The number of piperazine rings is 1. The minimum absolute atomic E-state index is 0.294. The van der Waals surface area contributed by atoms with Crippen LogP contribution in [0.2, 0.25) is 0 Å². The highest BCUT2D eigenvalue weighted by molar-refractivity contribution is 5.88. The van der Waals surface area contributed by atoms with Crippen molar-refractivity contribution in [2.45, 2.75) is 44.9 Å². The van der Waals surface area contributed by atoms with Crippen LogP contribution in [0.25, 0.3) is 21.7 Å². The first-order valence-electron chi connectivity index (χ1n) is 13.1. The highest BCUT2D eigenvalue weighted by Crippen LogP contribution is 2.32. The molecule has 0 radical (unpaired) electrons. The first kappa shape index (κ1) is 23.1. The average Bonchev–Trinajstić information content (AvgIpc) is 3.24. The van der Waals surface area contributed by atoms with Crippen molar-refractivity contribution in [2.75, 3.05) is 31.1 Å². The number of nitrogens with zero attached hydrogens (tertiary/aromatic N) is 2. The molecule has 7 rings (SSSR count). The van der Waals surface area contributed by atoms with Gasteiger partial charge in [-0.15, -0.1) is 0 Å². The molecule has 0 saturated carbocycles. The van der Waals surface area contributed by atoms with Crippen LogP contribution < -0.4 is 9.64 Å². The Bertz CT molecular complexity index is 1410. The summed E-state index contributed by atoms with van der Waals surface area (Å²) in [5, 5.41) is 14.7. The van der Waals surface area contributed by atoms with E-state index >= 15 is 0 Å². The third-order valence-electron chi connectivity index (χ3n) is 7.81. The molecule has 36 heavy (non-hydrogen) atoms. The van der Waals surface area contributed by atoms with E-state index < -0.39 is 6.10 Å². The number of rotatable bonds is 6. The summed E-state index contributed by atoms with van der Waals surface area (Å²) < 4.78 is 6.21. The molecule has 1 aromatic heterocycles. The molecule has 3 aromatic carbocycles. The third kappa shape index (κ3) is 4.49. The lowest BCUT2D eigenvalue weighted by Gasteiger charge is -2.48. The van der Waals surface area contributed by atoms with E-state index in [-0.39, 0.29) is 0 Å². The zero-order valence-electron chi connectivity index (χ0n) is 21.2. The largest absolute Gasteiger partial charge is 0.490 e. The van der Waals surface area contributed by atoms with Crippen molar-refractivity contribution in [2.24, 2.45) is 0 Å². The van der Waals surface area contributed by atoms with Gasteiger partial charge < -0.3 is 19.7 Å². The standard InChI is InChI=1S/C31H35N3O2/c1-21-11-14-30-29(15-22(2)32-30)31(21)36-20-28(35)19-33-17-27-10-6-5-9-26(33)18-34(27)25-13-12-23-7-3-4-8-24(23)16-25/h3-8,11-16,26-28,32,35H,9-10,17-20H2,1-2H3/b6-5-/t26-,27-,28-/m0/s1. The predicted molar refractivity (Wildman–Crippen MR) is 148 cm³/mol. The fraction of sp³-hybridized carbons (Fsp3) is 0.355. The molecule has 2 bridgehead atoms. The lowest BCUT2D eigenvalue weighted by molar-refractivity contribution is 0.0407. The van der Waals surface area contributed by atoms with Crippen molar-refractivity contribution in [3.05, 3.63) is 84.1 Å². The second-order valence-electron chi connectivity index (χ2n) is 10.5. The van der Waals surface area contributed by atoms with Gasteiger partial charge in [0.15, 0.2) is 0 Å². The molecular weight excluding hydrogens is 446 g/mol. The van der Waals surface area contributed by atoms with E-state index in [0.717, 1.165) is 53.8 Å². The maximum Gasteiger partial charge on any atom is 0.131 e. The van der Waals surface area contributed by atoms with Crippen molar-refractivity contribution in [1.29, 1.82) is 0 Å². The van der Waals surface area contributed by atoms with Crippen LogP contribution in [-0.2, 0) is 0 Å². The number of aliphatic hydroxyl groups is 1. The van der Waals surface area contributed by atoms with Gasteiger partial charge >= 0.3 is 0 Å². The minimum Gasteiger partial charge on any atom is -0.490 e. The summed E-state index contributed by atoms with van der Waals surface area (Å²) in [4.78, 5) is 8.44. The zero-order valence-corrected chi connectivity index (χ0v) is 21.2. The van der Waals surface area contributed by atoms with Crippen LogP contribution in [0, 0.1) is 13.8 Å². The average molecular weight is 482 g/mol. The monoisotopic (exact) mass is 481 g/mol. The number of aliphatic hydroxyl groups excluding tert-OH is 1. The highest BCUT2D eigenvalue weighted by atomic mass is 16.5. The molecule has 0 unspecified atom stereocenters. The van der Waals surface area contributed by atoms with Gasteiger partial charge in [-0.2, -0.15) is 0 Å². The summed E-state index contributed by atoms with van der Waals surface area (Å²) in [5.41, 5.74) is 4.58. The molecule has 0 spiro atoms. The van der Waals surface area contributed by atoms with Crippen LogP contribution in [0.3, 0.4) is 0 Å². The highest BCUT2D eigenvalue weighted by Gasteiger charge is 2.35. The Labute approximate surface area is 213 Å². The van der Waals surface area contributed by atoms with Crippen molar-refractivity contribution >= 4 is 27.4 Å². The summed E-state index contributed by atoms with van der Waals surface area (Å²) >= 11 is 0. The van der Waals surface area contributed by atoms with E-state index in [0.29, 0.717) is 25.2 Å². The fourth-order valence-corrected chi connectivity index (χ4v) is 5.96. The van der Waals surface area contributed by atoms with E-state index in [1.165, 1.54) is 16.5 Å². The van der Waals surface area contributed by atoms with Gasteiger partial charge in [0, 0.05) is 54.0 Å². The molecular formula is C31H35N3O2. The van der Waals surface area contributed by atoms with Gasteiger partial charge in [-0.1, -0.05) is 48.6 Å². The molecule has 1 saturated heterocycles. The first-order chi connectivity index (χ1) is 17.5. The SMILES string of the molecule is Cc1cc2c(OC[C@@H](O)CN3C[C@@H]4C/C=C\C[C@H]3CN4c3ccc4ccccc4c3)c(C)ccc2[nH]1. The van der Waals surface area contributed by atoms with Crippen LogP contribution in [-0.4, -0.2) is 59.4 Å². The number of fused-ring (bicyclic) bond motifs is 6. The van der Waals surface area contributed by atoms with Crippen LogP contribution >= 0.6 is 0 Å². The minimum atomic E-state index is -0.543. The molecule has 186 valence electrons. The van der Waals surface area contributed by atoms with Gasteiger partial charge in [0.1, 0.15) is 18.5 Å². The maximum absolute atomic E-state index is 11.0. The summed E-state index contributed by atoms with van der Waals surface area (Å²) in [5.74, 6) is 0.871. The smallest absolute Gasteiger partial charge is 0.131 e. The van der Waals surface area contributed by atoms with Gasteiger partial charge in [0.05, 0.1) is 0 Å². The van der Waals surface area contributed by atoms with Crippen LogP contribution in [0.4, 0.5) is 5.69 Å². The zero-order chi connectivity index (χ0) is 24.6. The van der Waals surface area contributed by atoms with E-state index in [1.807, 2.05) is 0 Å². The van der Waals surface area contributed by atoms with Crippen LogP contribution in [0.5, 0.6) is 5.75 Å². The van der Waals surface area contributed by atoms with Crippen molar-refractivity contribution in [3.63, 3.8) is 0 Å². The molecule has 4 aromatic rings. The van der Waals surface area contributed by atoms with Crippen molar-refractivity contribution in [3.8, 4) is 5.75 Å². The Morgan fingerprint density at radius 3 is 2.61 bits per heavy atom. The van der Waals surface area contributed by atoms with Gasteiger partial charge in [0.2, 0.25) is 0 Å². The van der Waals surface area contributed by atoms with Crippen molar-refractivity contribution in [1.82, 2.24) is 9.88 Å². The Morgan fingerprint density at radius 1 is 0.944 bits per heavy atom. The topological polar surface area (TPSA) is 51.7 Å². The number of aromatic amines is 1. The number of hydrogen-bond donors (Lipinski definition) is 2. The van der Waals surface area contributed by atoms with Gasteiger partial charge in [-0.05, 0) is 67.3 Å². The van der Waals surface area contributed by atoms with E-state index in [4.69, 9.17) is 4.74 Å². The normalized spacial score (nSPS) is 22.0. The summed E-state index contributed by atoms with van der Waals surface area (Å²) in [6.07, 6.45) is 6.15. The molecule has 0 aliphatic carbocycles. The number of H-pyrrole nitrogens is 1. The molecule has 2 N–H and O–H groups in total. The Hall–Kier alpha value is -3.28. The summed E-state index contributed by atoms with van der Waals surface area (Å²) in [6, 6.07) is 22.5. The lowest BCUT2D eigenvalue weighted by atomic mass is 9.96. The van der Waals surface area contributed by atoms with Crippen LogP contribution in [0.15, 0.2) is 72.8 Å². The molecule has 5 heteroatoms. The first-order valence-corrected chi connectivity index (χ1v) is 13.1. The van der Waals surface area contributed by atoms with Gasteiger partial charge in [-0.25, -0.2) is 0 Å². The van der Waals surface area contributed by atoms with E-state index in [9.17, 15) is 5.11 Å². The number of anilines is 1. The second kappa shape index (κ2) is 9.64. The van der Waals surface area contributed by atoms with Crippen molar-refractivity contribution < 1.29 is 9.84 Å². The second-order valence-corrected chi connectivity index (χ2v) is 10.5. The number of hydrogen-bond acceptors (Lipinski definition) is 4. The summed E-state index contributed by atoms with van der Waals surface area (Å²) in [6.45, 7) is 6.96. The summed E-state index contributed by atoms with van der Waals surface area (Å²) in [7, 11) is 0. The Kier molecular flexibility index (Phi) is 6.20. The molecule has 3 atom stereocenters. The third-order valence-corrected chi connectivity index (χ3v) is 7.81. The lowest BCUT2D eigenvalue weighted by Crippen LogP contribution is -2.60. The van der Waals surface area contributed by atoms with Crippen LogP contribution in [0.1, 0.15) is 24.1 Å². The number of ether oxygens (including phenoxy) is 1. The van der Waals surface area contributed by atoms with Gasteiger partial charge in [0.25, 0.3) is 0 Å². The molecule has 1 fully saturated rings. The van der Waals surface area contributed by atoms with Gasteiger partial charge in [-0.3, -0.25) is 4.90 Å². The molecule has 3 aliphatic rings. The molecule has 0 amide bonds. The quantitative estimate of drug-likeness (QED) is 0.353. The maximum atomic E-state index is 11.0. The van der Waals surface area contributed by atoms with E-state index in [1.54, 1.807) is 0 Å². The van der Waals surface area contributed by atoms with E-state index in [2.05, 4.69) is 101 Å². The number of aromatic nitrogens is 1. The molecule has 4 heterocycles. The Morgan fingerprint density at radius 2 is 1.75 bits per heavy atom. The molecule has 3 aliphatic heterocycles. The molecule has 5 nitrogen and oxygen atoms in total.